The molecule has 30 heavy (non-hydrogen) atoms. The molecular formula is C19H26N5O4PS. The van der Waals surface area contributed by atoms with Crippen LogP contribution in [-0.2, 0) is 27.9 Å². The summed E-state index contributed by atoms with van der Waals surface area (Å²) in [5.74, 6) is 0.960. The topological polar surface area (TPSA) is 115 Å². The summed E-state index contributed by atoms with van der Waals surface area (Å²) in [4.78, 5) is 21.0. The number of imidazole rings is 1. The molecule has 0 aliphatic heterocycles. The number of ether oxygens (including phenoxy) is 1. The third kappa shape index (κ3) is 5.13. The number of para-hydroxylation sites is 1. The molecular weight excluding hydrogens is 425 g/mol. The lowest BCUT2D eigenvalue weighted by Gasteiger charge is -2.27. The molecule has 0 fully saturated rings. The van der Waals surface area contributed by atoms with E-state index in [4.69, 9.17) is 9.72 Å². The number of nitrogens with one attached hydrogen (secondary N) is 2. The molecule has 2 N–H and O–H groups in total. The molecule has 1 aromatic carbocycles. The molecule has 0 spiro atoms. The Labute approximate surface area is 177 Å². The predicted molar refractivity (Wildman–Crippen MR) is 121 cm³/mol. The molecule has 1 atom stereocenters. The lowest BCUT2D eigenvalue weighted by molar-refractivity contribution is 0.125. The van der Waals surface area contributed by atoms with Crippen molar-refractivity contribution in [2.24, 2.45) is 0 Å². The van der Waals surface area contributed by atoms with Crippen LogP contribution in [0.25, 0.3) is 21.9 Å². The number of pyridine rings is 1. The number of aromatic nitrogens is 3. The van der Waals surface area contributed by atoms with E-state index < -0.39 is 15.6 Å². The van der Waals surface area contributed by atoms with E-state index >= 15 is 0 Å². The highest BCUT2D eigenvalue weighted by Gasteiger charge is 2.27. The number of benzene rings is 1. The van der Waals surface area contributed by atoms with Crippen molar-refractivity contribution in [1.29, 1.82) is 0 Å². The zero-order chi connectivity index (χ0) is 22.1. The Morgan fingerprint density at radius 3 is 2.60 bits per heavy atom. The fourth-order valence-electron chi connectivity index (χ4n) is 3.49. The number of carbonyl (C=O) groups excluding carboxylic acids is 1. The lowest BCUT2D eigenvalue weighted by Crippen LogP contribution is -2.46. The fraction of sp³-hybridized carbons (Fsp3) is 0.421. The number of rotatable bonds is 8. The van der Waals surface area contributed by atoms with Gasteiger partial charge >= 0.3 is 0 Å². The summed E-state index contributed by atoms with van der Waals surface area (Å²) in [6.45, 7) is 6.55. The number of nitrogens with zero attached hydrogens (tertiary/aromatic N) is 3. The Kier molecular flexibility index (Phi) is 6.43. The van der Waals surface area contributed by atoms with Gasteiger partial charge in [0.05, 0.1) is 17.3 Å². The zero-order valence-corrected chi connectivity index (χ0v) is 19.4. The SMILES string of the molecule is CCOCc1nc2c(NC(=O)P)nc3ccccc3c2n1CC(C)(C)NS(C)(=O)=O. The highest BCUT2D eigenvalue weighted by molar-refractivity contribution is 7.88. The van der Waals surface area contributed by atoms with Crippen LogP contribution in [0.2, 0.25) is 0 Å². The number of carbonyl (C=O) groups is 1. The first-order chi connectivity index (χ1) is 14.0. The normalized spacial score (nSPS) is 12.6. The van der Waals surface area contributed by atoms with Gasteiger partial charge in [0, 0.05) is 24.1 Å². The van der Waals surface area contributed by atoms with Gasteiger partial charge in [-0.25, -0.2) is 23.1 Å². The maximum Gasteiger partial charge on any atom is 0.240 e. The number of sulfonamides is 1. The predicted octanol–water partition coefficient (Wildman–Crippen LogP) is 2.86. The van der Waals surface area contributed by atoms with Crippen molar-refractivity contribution in [3.8, 4) is 0 Å². The molecule has 9 nitrogen and oxygen atoms in total. The molecule has 0 aliphatic carbocycles. The van der Waals surface area contributed by atoms with E-state index in [0.717, 1.165) is 17.2 Å². The van der Waals surface area contributed by atoms with Crippen molar-refractivity contribution in [3.05, 3.63) is 30.1 Å². The van der Waals surface area contributed by atoms with Crippen LogP contribution < -0.4 is 10.0 Å². The number of amides is 1. The molecule has 0 bridgehead atoms. The first-order valence-electron chi connectivity index (χ1n) is 9.42. The minimum absolute atomic E-state index is 0.239. The Morgan fingerprint density at radius 1 is 1.27 bits per heavy atom. The van der Waals surface area contributed by atoms with E-state index in [-0.39, 0.29) is 12.3 Å². The van der Waals surface area contributed by atoms with Crippen LogP contribution in [0.5, 0.6) is 0 Å². The van der Waals surface area contributed by atoms with Gasteiger partial charge in [-0.15, -0.1) is 0 Å². The highest BCUT2D eigenvalue weighted by Crippen LogP contribution is 2.31. The molecule has 2 aromatic heterocycles. The highest BCUT2D eigenvalue weighted by atomic mass is 32.2. The molecule has 0 aliphatic rings. The van der Waals surface area contributed by atoms with Gasteiger partial charge in [-0.2, -0.15) is 0 Å². The van der Waals surface area contributed by atoms with Crippen molar-refractivity contribution in [1.82, 2.24) is 19.3 Å². The molecule has 11 heteroatoms. The van der Waals surface area contributed by atoms with E-state index in [1.807, 2.05) is 35.8 Å². The summed E-state index contributed by atoms with van der Waals surface area (Å²) in [7, 11) is -1.35. The van der Waals surface area contributed by atoms with Gasteiger partial charge in [-0.3, -0.25) is 4.79 Å². The fourth-order valence-corrected chi connectivity index (χ4v) is 4.69. The van der Waals surface area contributed by atoms with Crippen LogP contribution in [0, 0.1) is 0 Å². The Morgan fingerprint density at radius 2 is 1.97 bits per heavy atom. The summed E-state index contributed by atoms with van der Waals surface area (Å²) in [6.07, 6.45) is 1.13. The van der Waals surface area contributed by atoms with Gasteiger partial charge in [0.15, 0.2) is 5.82 Å². The molecule has 162 valence electrons. The van der Waals surface area contributed by atoms with Gasteiger partial charge in [0.2, 0.25) is 15.7 Å². The molecule has 2 heterocycles. The number of hydrogen-bond acceptors (Lipinski definition) is 6. The molecule has 1 amide bonds. The molecule has 0 saturated carbocycles. The maximum atomic E-state index is 11.9. The van der Waals surface area contributed by atoms with E-state index in [2.05, 4.69) is 24.3 Å². The Bertz CT molecular complexity index is 1210. The largest absolute Gasteiger partial charge is 0.374 e. The molecule has 0 radical (unpaired) electrons. The van der Waals surface area contributed by atoms with Crippen LogP contribution >= 0.6 is 9.24 Å². The molecule has 3 rings (SSSR count). The third-order valence-electron chi connectivity index (χ3n) is 4.35. The standard InChI is InChI=1S/C19H26N5O4PS/c1-5-28-10-14-21-15-16(24(14)11-19(2,3)23-30(4,26)27)12-8-6-7-9-13(12)20-17(15)22-18(25)29/h6-9,23H,5,10-11,29H2,1-4H3,(H,20,22,25). The van der Waals surface area contributed by atoms with Crippen LogP contribution in [0.1, 0.15) is 26.6 Å². The van der Waals surface area contributed by atoms with Gasteiger partial charge in [0.25, 0.3) is 0 Å². The van der Waals surface area contributed by atoms with Crippen molar-refractivity contribution in [2.45, 2.75) is 39.5 Å². The van der Waals surface area contributed by atoms with Crippen LogP contribution in [0.3, 0.4) is 0 Å². The summed E-state index contributed by atoms with van der Waals surface area (Å²) in [5, 5.41) is 3.57. The summed E-state index contributed by atoms with van der Waals surface area (Å²) < 4.78 is 33.9. The smallest absolute Gasteiger partial charge is 0.240 e. The number of hydrogen-bond donors (Lipinski definition) is 2. The minimum Gasteiger partial charge on any atom is -0.374 e. The lowest BCUT2D eigenvalue weighted by atomic mass is 10.1. The van der Waals surface area contributed by atoms with Crippen molar-refractivity contribution >= 4 is 52.7 Å². The zero-order valence-electron chi connectivity index (χ0n) is 17.4. The Balaban J connectivity index is 2.29. The van der Waals surface area contributed by atoms with Crippen molar-refractivity contribution in [2.75, 3.05) is 18.2 Å². The van der Waals surface area contributed by atoms with Gasteiger partial charge in [-0.1, -0.05) is 18.2 Å². The average Bonchev–Trinajstić information content (AvgIpc) is 2.95. The van der Waals surface area contributed by atoms with Gasteiger partial charge in [0.1, 0.15) is 17.9 Å². The molecule has 3 aromatic rings. The van der Waals surface area contributed by atoms with Crippen LogP contribution in [0.4, 0.5) is 10.6 Å². The van der Waals surface area contributed by atoms with E-state index in [9.17, 15) is 13.2 Å². The van der Waals surface area contributed by atoms with Gasteiger partial charge in [-0.05, 0) is 36.1 Å². The van der Waals surface area contributed by atoms with Crippen LogP contribution in [0.15, 0.2) is 24.3 Å². The summed E-state index contributed by atoms with van der Waals surface area (Å²) in [6, 6.07) is 7.55. The summed E-state index contributed by atoms with van der Waals surface area (Å²) in [5.41, 5.74) is 0.842. The van der Waals surface area contributed by atoms with Crippen LogP contribution in [-0.4, -0.2) is 47.0 Å². The second-order valence-electron chi connectivity index (χ2n) is 7.67. The average molecular weight is 451 g/mol. The van der Waals surface area contributed by atoms with Crippen molar-refractivity contribution < 1.29 is 17.9 Å². The number of fused-ring (bicyclic) bond motifs is 3. The minimum atomic E-state index is -3.42. The summed E-state index contributed by atoms with van der Waals surface area (Å²) >= 11 is 0. The second-order valence-corrected chi connectivity index (χ2v) is 9.95. The first-order valence-corrected chi connectivity index (χ1v) is 11.9. The third-order valence-corrected chi connectivity index (χ3v) is 5.42. The van der Waals surface area contributed by atoms with Gasteiger partial charge < -0.3 is 14.6 Å². The maximum absolute atomic E-state index is 11.9. The quantitative estimate of drug-likeness (QED) is 0.509. The molecule has 0 saturated heterocycles. The second kappa shape index (κ2) is 8.55. The van der Waals surface area contributed by atoms with E-state index in [1.54, 1.807) is 13.8 Å². The van der Waals surface area contributed by atoms with E-state index in [1.165, 1.54) is 0 Å². The Hall–Kier alpha value is -2.13. The first kappa shape index (κ1) is 22.6. The monoisotopic (exact) mass is 451 g/mol. The number of anilines is 1. The van der Waals surface area contributed by atoms with E-state index in [0.29, 0.717) is 35.8 Å². The van der Waals surface area contributed by atoms with Crippen molar-refractivity contribution in [3.63, 3.8) is 0 Å². The molecule has 1 unspecified atom stereocenters.